The smallest absolute Gasteiger partial charge is 0.228 e. The molecule has 0 aliphatic heterocycles. The standard InChI is InChI=1S/C6H5N5O2/c12-11(13)10-4-2-6(9-10)5-1-3-7-8-5/h1-4H,(H,7,8). The molecule has 0 atom stereocenters. The van der Waals surface area contributed by atoms with Gasteiger partial charge in [-0.3, -0.25) is 5.10 Å². The second-order valence-corrected chi connectivity index (χ2v) is 2.33. The molecule has 13 heavy (non-hydrogen) atoms. The maximum Gasteiger partial charge on any atom is 0.228 e. The Balaban J connectivity index is 2.39. The van der Waals surface area contributed by atoms with Crippen LogP contribution in [0, 0.1) is 10.1 Å². The molecule has 0 amide bonds. The van der Waals surface area contributed by atoms with Gasteiger partial charge in [-0.1, -0.05) is 0 Å². The van der Waals surface area contributed by atoms with Crippen LogP contribution in [0.15, 0.2) is 24.5 Å². The third kappa shape index (κ3) is 1.26. The monoisotopic (exact) mass is 179 g/mol. The highest BCUT2D eigenvalue weighted by Crippen LogP contribution is 2.11. The molecule has 2 heterocycles. The average Bonchev–Trinajstić information content (AvgIpc) is 2.75. The van der Waals surface area contributed by atoms with Gasteiger partial charge in [-0.15, -0.1) is 0 Å². The molecule has 0 aromatic carbocycles. The molecule has 7 nitrogen and oxygen atoms in total. The molecule has 0 fully saturated rings. The summed E-state index contributed by atoms with van der Waals surface area (Å²) in [5.41, 5.74) is 1.15. The summed E-state index contributed by atoms with van der Waals surface area (Å²) in [6.45, 7) is 0. The minimum atomic E-state index is -0.611. The Morgan fingerprint density at radius 1 is 1.54 bits per heavy atom. The molecule has 66 valence electrons. The van der Waals surface area contributed by atoms with E-state index in [1.54, 1.807) is 12.3 Å². The first-order chi connectivity index (χ1) is 6.27. The van der Waals surface area contributed by atoms with Crippen LogP contribution in [0.25, 0.3) is 11.4 Å². The third-order valence-electron chi connectivity index (χ3n) is 1.52. The van der Waals surface area contributed by atoms with Crippen LogP contribution in [0.2, 0.25) is 0 Å². The van der Waals surface area contributed by atoms with Crippen molar-refractivity contribution in [3.8, 4) is 11.4 Å². The van der Waals surface area contributed by atoms with Gasteiger partial charge in [-0.25, -0.2) is 0 Å². The fourth-order valence-corrected chi connectivity index (χ4v) is 0.947. The van der Waals surface area contributed by atoms with Gasteiger partial charge in [-0.05, 0) is 6.07 Å². The number of aromatic amines is 1. The average molecular weight is 179 g/mol. The highest BCUT2D eigenvalue weighted by molar-refractivity contribution is 5.51. The van der Waals surface area contributed by atoms with Gasteiger partial charge in [0.25, 0.3) is 0 Å². The zero-order chi connectivity index (χ0) is 9.26. The molecule has 0 unspecified atom stereocenters. The van der Waals surface area contributed by atoms with Crippen molar-refractivity contribution < 1.29 is 5.03 Å². The van der Waals surface area contributed by atoms with E-state index < -0.39 is 5.03 Å². The molecule has 1 N–H and O–H groups in total. The number of hydrogen-bond acceptors (Lipinski definition) is 4. The summed E-state index contributed by atoms with van der Waals surface area (Å²) >= 11 is 0. The van der Waals surface area contributed by atoms with E-state index in [4.69, 9.17) is 0 Å². The van der Waals surface area contributed by atoms with Crippen molar-refractivity contribution in [1.29, 1.82) is 0 Å². The normalized spacial score (nSPS) is 10.2. The van der Waals surface area contributed by atoms with E-state index >= 15 is 0 Å². The summed E-state index contributed by atoms with van der Waals surface area (Å²) in [5.74, 6) is 0. The lowest BCUT2D eigenvalue weighted by Crippen LogP contribution is -2.08. The molecule has 0 saturated carbocycles. The van der Waals surface area contributed by atoms with Crippen LogP contribution < -0.4 is 0 Å². The molecule has 2 aromatic heterocycles. The van der Waals surface area contributed by atoms with Gasteiger partial charge >= 0.3 is 0 Å². The topological polar surface area (TPSA) is 89.6 Å². The molecule has 0 aliphatic rings. The van der Waals surface area contributed by atoms with Crippen molar-refractivity contribution in [2.24, 2.45) is 0 Å². The summed E-state index contributed by atoms with van der Waals surface area (Å²) in [7, 11) is 0. The lowest BCUT2D eigenvalue weighted by Gasteiger charge is -1.87. The Labute approximate surface area is 72.1 Å². The fraction of sp³-hybridized carbons (Fsp3) is 0. The molecule has 0 radical (unpaired) electrons. The first-order valence-electron chi connectivity index (χ1n) is 3.47. The molecule has 0 aliphatic carbocycles. The highest BCUT2D eigenvalue weighted by atomic mass is 16.7. The van der Waals surface area contributed by atoms with Crippen LogP contribution in [-0.2, 0) is 0 Å². The first kappa shape index (κ1) is 7.47. The number of H-pyrrole nitrogens is 1. The summed E-state index contributed by atoms with van der Waals surface area (Å²) in [6, 6.07) is 3.23. The Kier molecular flexibility index (Phi) is 1.55. The number of hydrogen-bond donors (Lipinski definition) is 1. The van der Waals surface area contributed by atoms with Gasteiger partial charge in [-0.2, -0.15) is 5.10 Å². The Hall–Kier alpha value is -2.18. The largest absolute Gasteiger partial charge is 0.339 e. The van der Waals surface area contributed by atoms with E-state index in [9.17, 15) is 10.1 Å². The summed E-state index contributed by atoms with van der Waals surface area (Å²) < 4.78 is 0. The number of nitrogens with one attached hydrogen (secondary N) is 1. The van der Waals surface area contributed by atoms with E-state index in [0.717, 1.165) is 0 Å². The van der Waals surface area contributed by atoms with Crippen LogP contribution in [-0.4, -0.2) is 25.1 Å². The number of nitrogens with zero attached hydrogens (tertiary/aromatic N) is 4. The molecule has 0 saturated heterocycles. The van der Waals surface area contributed by atoms with Crippen molar-refractivity contribution in [3.63, 3.8) is 0 Å². The first-order valence-corrected chi connectivity index (χ1v) is 3.47. The number of rotatable bonds is 2. The molecule has 2 rings (SSSR count). The maximum atomic E-state index is 10.3. The van der Waals surface area contributed by atoms with Crippen molar-refractivity contribution in [2.45, 2.75) is 0 Å². The predicted octanol–water partition coefficient (Wildman–Crippen LogP) is 0.313. The second kappa shape index (κ2) is 2.70. The van der Waals surface area contributed by atoms with Crippen molar-refractivity contribution in [2.75, 3.05) is 0 Å². The van der Waals surface area contributed by atoms with Gasteiger partial charge in [0.2, 0.25) is 5.69 Å². The highest BCUT2D eigenvalue weighted by Gasteiger charge is 2.11. The van der Waals surface area contributed by atoms with E-state index in [1.807, 2.05) is 0 Å². The maximum absolute atomic E-state index is 10.3. The number of nitro groups is 1. The summed E-state index contributed by atoms with van der Waals surface area (Å²) in [4.78, 5) is 10.9. The van der Waals surface area contributed by atoms with E-state index in [0.29, 0.717) is 16.2 Å². The minimum Gasteiger partial charge on any atom is -0.339 e. The Morgan fingerprint density at radius 2 is 2.38 bits per heavy atom. The van der Waals surface area contributed by atoms with Crippen LogP contribution in [0.4, 0.5) is 0 Å². The zero-order valence-corrected chi connectivity index (χ0v) is 6.41. The van der Waals surface area contributed by atoms with Gasteiger partial charge in [0.05, 0.1) is 10.1 Å². The van der Waals surface area contributed by atoms with Crippen molar-refractivity contribution >= 4 is 0 Å². The molecular weight excluding hydrogens is 174 g/mol. The summed E-state index contributed by atoms with van der Waals surface area (Å²) in [6.07, 6.45) is 2.83. The Bertz CT molecular complexity index is 418. The lowest BCUT2D eigenvalue weighted by molar-refractivity contribution is -0.552. The third-order valence-corrected chi connectivity index (χ3v) is 1.52. The van der Waals surface area contributed by atoms with E-state index in [1.165, 1.54) is 12.3 Å². The number of aromatic nitrogens is 4. The van der Waals surface area contributed by atoms with E-state index in [2.05, 4.69) is 15.3 Å². The SMILES string of the molecule is O=[N+]([O-])n1ccc(-c2ccn[nH]2)n1. The molecular formula is C6H5N5O2. The van der Waals surface area contributed by atoms with Gasteiger partial charge in [0.1, 0.15) is 11.9 Å². The molecule has 7 heteroatoms. The van der Waals surface area contributed by atoms with Crippen LogP contribution in [0.3, 0.4) is 0 Å². The quantitative estimate of drug-likeness (QED) is 0.530. The minimum absolute atomic E-state index is 0.495. The molecule has 0 bridgehead atoms. The van der Waals surface area contributed by atoms with Crippen LogP contribution in [0.1, 0.15) is 0 Å². The Morgan fingerprint density at radius 3 is 2.92 bits per heavy atom. The van der Waals surface area contributed by atoms with Crippen LogP contribution in [0.5, 0.6) is 0 Å². The predicted molar refractivity (Wildman–Crippen MR) is 42.2 cm³/mol. The van der Waals surface area contributed by atoms with Gasteiger partial charge in [0, 0.05) is 17.1 Å². The van der Waals surface area contributed by atoms with Gasteiger partial charge in [0.15, 0.2) is 0 Å². The fourth-order valence-electron chi connectivity index (χ4n) is 0.947. The van der Waals surface area contributed by atoms with Crippen molar-refractivity contribution in [1.82, 2.24) is 20.1 Å². The second-order valence-electron chi connectivity index (χ2n) is 2.33. The molecule has 0 spiro atoms. The summed E-state index contributed by atoms with van der Waals surface area (Å²) in [5, 5.41) is 19.7. The van der Waals surface area contributed by atoms with Gasteiger partial charge < -0.3 is 10.1 Å². The zero-order valence-electron chi connectivity index (χ0n) is 6.41. The lowest BCUT2D eigenvalue weighted by atomic mass is 10.3. The van der Waals surface area contributed by atoms with Crippen LogP contribution >= 0.6 is 0 Å². The molecule has 2 aromatic rings. The van der Waals surface area contributed by atoms with E-state index in [-0.39, 0.29) is 0 Å². The van der Waals surface area contributed by atoms with Crippen molar-refractivity contribution in [3.05, 3.63) is 34.6 Å².